The SMILES string of the molecule is CCOCCCOP(=O)(O)OC[C@@]1(F)O[C@@H](n2ccc(N)nc2=O)[C@@H]2OC(=O)O[C@@H]21. The standard InChI is InChI=1S/C15H21FN3O10P/c1-2-24-6-3-7-25-30(22,23)26-8-15(16)11-10(27-14(21)28-11)12(29-15)19-5-4-9(17)18-13(19)20/h4-5,10-12H,2-3,6-8H2,1H3,(H,22,23)(H2,17,18,20)/t10-,11+,12-,15-/m1/s1. The Balaban J connectivity index is 1.69. The highest BCUT2D eigenvalue weighted by molar-refractivity contribution is 7.47. The number of phosphoric acid groups is 1. The van der Waals surface area contributed by atoms with E-state index in [4.69, 9.17) is 29.2 Å². The minimum atomic E-state index is -4.65. The first-order valence-corrected chi connectivity index (χ1v) is 10.4. The molecule has 0 radical (unpaired) electrons. The molecule has 0 aromatic carbocycles. The smallest absolute Gasteiger partial charge is 0.422 e. The van der Waals surface area contributed by atoms with Crippen molar-refractivity contribution < 1.29 is 46.6 Å². The number of carbonyl (C=O) groups excluding carboxylic acids is 1. The van der Waals surface area contributed by atoms with Gasteiger partial charge in [-0.1, -0.05) is 0 Å². The van der Waals surface area contributed by atoms with E-state index in [2.05, 4.69) is 9.51 Å². The Labute approximate surface area is 169 Å². The summed E-state index contributed by atoms with van der Waals surface area (Å²) in [6.45, 7) is 1.25. The number of phosphoric ester groups is 1. The van der Waals surface area contributed by atoms with Crippen molar-refractivity contribution >= 4 is 19.8 Å². The average Bonchev–Trinajstić information content (AvgIpc) is 3.18. The topological polar surface area (TPSA) is 171 Å². The number of carbonyl (C=O) groups is 1. The second-order valence-electron chi connectivity index (χ2n) is 6.33. The van der Waals surface area contributed by atoms with E-state index in [1.54, 1.807) is 6.92 Å². The molecule has 168 valence electrons. The molecule has 30 heavy (non-hydrogen) atoms. The van der Waals surface area contributed by atoms with Crippen LogP contribution in [0.1, 0.15) is 19.6 Å². The van der Waals surface area contributed by atoms with Crippen LogP contribution in [0.2, 0.25) is 0 Å². The third-order valence-corrected chi connectivity index (χ3v) is 5.18. The molecule has 0 amide bonds. The Bertz CT molecular complexity index is 884. The predicted molar refractivity (Wildman–Crippen MR) is 94.9 cm³/mol. The van der Waals surface area contributed by atoms with E-state index in [0.717, 1.165) is 4.57 Å². The van der Waals surface area contributed by atoms with Gasteiger partial charge in [0.25, 0.3) is 5.85 Å². The zero-order chi connectivity index (χ0) is 21.9. The second-order valence-corrected chi connectivity index (χ2v) is 7.79. The van der Waals surface area contributed by atoms with Gasteiger partial charge in [0.05, 0.1) is 6.61 Å². The molecular weight excluding hydrogens is 432 g/mol. The summed E-state index contributed by atoms with van der Waals surface area (Å²) in [4.78, 5) is 36.8. The molecule has 1 aromatic heterocycles. The number of hydrogen-bond acceptors (Lipinski definition) is 11. The molecular formula is C15H21FN3O10P. The van der Waals surface area contributed by atoms with Crippen molar-refractivity contribution in [3.63, 3.8) is 0 Å². The molecule has 3 heterocycles. The average molecular weight is 453 g/mol. The number of fused-ring (bicyclic) bond motifs is 1. The minimum Gasteiger partial charge on any atom is -0.422 e. The van der Waals surface area contributed by atoms with Gasteiger partial charge in [0, 0.05) is 19.4 Å². The van der Waals surface area contributed by atoms with E-state index < -0.39 is 50.6 Å². The van der Waals surface area contributed by atoms with E-state index in [1.165, 1.54) is 12.3 Å². The van der Waals surface area contributed by atoms with Gasteiger partial charge in [0.2, 0.25) is 6.10 Å². The number of aromatic nitrogens is 2. The molecule has 3 N–H and O–H groups in total. The van der Waals surface area contributed by atoms with E-state index in [1.807, 2.05) is 0 Å². The number of halogens is 1. The lowest BCUT2D eigenvalue weighted by atomic mass is 10.1. The van der Waals surface area contributed by atoms with Crippen LogP contribution in [0.25, 0.3) is 0 Å². The number of nitrogen functional groups attached to an aromatic ring is 1. The van der Waals surface area contributed by atoms with Crippen molar-refractivity contribution in [2.24, 2.45) is 0 Å². The van der Waals surface area contributed by atoms with Crippen LogP contribution in [0, 0.1) is 0 Å². The minimum absolute atomic E-state index is 0.0805. The number of alkyl halides is 1. The normalized spacial score (nSPS) is 29.8. The molecule has 1 unspecified atom stereocenters. The maximum atomic E-state index is 15.4. The summed E-state index contributed by atoms with van der Waals surface area (Å²) in [5.74, 6) is -2.99. The Morgan fingerprint density at radius 2 is 2.13 bits per heavy atom. The fourth-order valence-electron chi connectivity index (χ4n) is 2.89. The van der Waals surface area contributed by atoms with Crippen LogP contribution < -0.4 is 11.4 Å². The summed E-state index contributed by atoms with van der Waals surface area (Å²) < 4.78 is 57.6. The van der Waals surface area contributed by atoms with Gasteiger partial charge >= 0.3 is 19.7 Å². The molecule has 0 spiro atoms. The van der Waals surface area contributed by atoms with E-state index >= 15 is 4.39 Å². The number of rotatable bonds is 10. The fourth-order valence-corrected chi connectivity index (χ4v) is 3.66. The van der Waals surface area contributed by atoms with Crippen LogP contribution in [0.3, 0.4) is 0 Å². The van der Waals surface area contributed by atoms with E-state index in [-0.39, 0.29) is 12.4 Å². The number of nitrogens with two attached hydrogens (primary N) is 1. The van der Waals surface area contributed by atoms with Gasteiger partial charge in [0.1, 0.15) is 12.4 Å². The number of nitrogens with zero attached hydrogens (tertiary/aromatic N) is 2. The Morgan fingerprint density at radius 3 is 2.83 bits per heavy atom. The third kappa shape index (κ3) is 4.96. The van der Waals surface area contributed by atoms with Gasteiger partial charge in [0.15, 0.2) is 12.3 Å². The fraction of sp³-hybridized carbons (Fsp3) is 0.667. The van der Waals surface area contributed by atoms with Gasteiger partial charge in [-0.3, -0.25) is 13.6 Å². The highest BCUT2D eigenvalue weighted by atomic mass is 31.2. The van der Waals surface area contributed by atoms with Gasteiger partial charge in [-0.2, -0.15) is 4.98 Å². The van der Waals surface area contributed by atoms with Crippen molar-refractivity contribution in [3.8, 4) is 0 Å². The maximum absolute atomic E-state index is 15.4. The highest BCUT2D eigenvalue weighted by Gasteiger charge is 2.65. The number of hydrogen-bond donors (Lipinski definition) is 2. The second kappa shape index (κ2) is 8.96. The van der Waals surface area contributed by atoms with E-state index in [0.29, 0.717) is 19.6 Å². The highest BCUT2D eigenvalue weighted by Crippen LogP contribution is 2.49. The zero-order valence-corrected chi connectivity index (χ0v) is 16.7. The molecule has 2 saturated heterocycles. The molecule has 2 fully saturated rings. The summed E-state index contributed by atoms with van der Waals surface area (Å²) in [6.07, 6.45) is -4.23. The van der Waals surface area contributed by atoms with Crippen molar-refractivity contribution in [2.75, 3.05) is 32.2 Å². The summed E-state index contributed by atoms with van der Waals surface area (Å²) in [5.41, 5.74) is 4.53. The quantitative estimate of drug-likeness (QED) is 0.286. The van der Waals surface area contributed by atoms with Crippen molar-refractivity contribution in [1.82, 2.24) is 9.55 Å². The molecule has 2 aliphatic heterocycles. The molecule has 5 atom stereocenters. The monoisotopic (exact) mass is 453 g/mol. The largest absolute Gasteiger partial charge is 0.509 e. The number of ether oxygens (including phenoxy) is 4. The lowest BCUT2D eigenvalue weighted by molar-refractivity contribution is -0.209. The van der Waals surface area contributed by atoms with Crippen LogP contribution >= 0.6 is 7.82 Å². The molecule has 2 aliphatic rings. The van der Waals surface area contributed by atoms with Crippen molar-refractivity contribution in [2.45, 2.75) is 37.6 Å². The summed E-state index contributed by atoms with van der Waals surface area (Å²) in [5, 5.41) is 0. The van der Waals surface area contributed by atoms with Crippen molar-refractivity contribution in [3.05, 3.63) is 22.7 Å². The molecule has 0 bridgehead atoms. The van der Waals surface area contributed by atoms with E-state index in [9.17, 15) is 19.0 Å². The molecule has 3 rings (SSSR count). The zero-order valence-electron chi connectivity index (χ0n) is 15.8. The first-order chi connectivity index (χ1) is 14.1. The molecule has 0 saturated carbocycles. The summed E-state index contributed by atoms with van der Waals surface area (Å²) in [6, 6.07) is 1.25. The summed E-state index contributed by atoms with van der Waals surface area (Å²) in [7, 11) is -4.65. The maximum Gasteiger partial charge on any atom is 0.509 e. The van der Waals surface area contributed by atoms with Gasteiger partial charge in [-0.25, -0.2) is 18.5 Å². The first kappa shape index (κ1) is 22.6. The third-order valence-electron chi connectivity index (χ3n) is 4.22. The Kier molecular flexibility index (Phi) is 6.75. The lowest BCUT2D eigenvalue weighted by Gasteiger charge is -2.24. The van der Waals surface area contributed by atoms with Crippen LogP contribution in [-0.4, -0.2) is 65.1 Å². The Morgan fingerprint density at radius 1 is 1.37 bits per heavy atom. The lowest BCUT2D eigenvalue weighted by Crippen LogP contribution is -2.42. The predicted octanol–water partition coefficient (Wildman–Crippen LogP) is 0.484. The molecule has 13 nitrogen and oxygen atoms in total. The first-order valence-electron chi connectivity index (χ1n) is 8.93. The van der Waals surface area contributed by atoms with Gasteiger partial charge < -0.3 is 29.6 Å². The van der Waals surface area contributed by atoms with Crippen molar-refractivity contribution in [1.29, 1.82) is 0 Å². The van der Waals surface area contributed by atoms with Crippen LogP contribution in [0.5, 0.6) is 0 Å². The molecule has 0 aliphatic carbocycles. The Hall–Kier alpha value is -2.09. The van der Waals surface area contributed by atoms with Gasteiger partial charge in [-0.15, -0.1) is 0 Å². The summed E-state index contributed by atoms with van der Waals surface area (Å²) >= 11 is 0. The van der Waals surface area contributed by atoms with Crippen LogP contribution in [0.15, 0.2) is 17.1 Å². The molecule has 15 heteroatoms. The number of anilines is 1. The molecule has 1 aromatic rings. The van der Waals surface area contributed by atoms with Gasteiger partial charge in [-0.05, 0) is 19.4 Å². The van der Waals surface area contributed by atoms with Crippen LogP contribution in [-0.2, 0) is 32.6 Å². The van der Waals surface area contributed by atoms with Crippen LogP contribution in [0.4, 0.5) is 15.0 Å².